The minimum absolute atomic E-state index is 0.0886. The van der Waals surface area contributed by atoms with Crippen LogP contribution in [0.1, 0.15) is 22.3 Å². The number of pyridine rings is 1. The van der Waals surface area contributed by atoms with Gasteiger partial charge in [-0.2, -0.15) is 0 Å². The van der Waals surface area contributed by atoms with Crippen molar-refractivity contribution in [3.05, 3.63) is 111 Å². The largest absolute Gasteiger partial charge is 0.340 e. The molecule has 0 aliphatic carbocycles. The first-order valence-corrected chi connectivity index (χ1v) is 10.7. The van der Waals surface area contributed by atoms with Gasteiger partial charge in [-0.05, 0) is 66.8 Å². The summed E-state index contributed by atoms with van der Waals surface area (Å²) in [5.74, 6) is 0. The Morgan fingerprint density at radius 1 is 0.903 bits per heavy atom. The maximum atomic E-state index is 12.8. The fourth-order valence-corrected chi connectivity index (χ4v) is 3.77. The van der Waals surface area contributed by atoms with Crippen LogP contribution in [0.15, 0.2) is 83.7 Å². The van der Waals surface area contributed by atoms with Crippen molar-refractivity contribution in [3.8, 4) is 0 Å². The highest BCUT2D eigenvalue weighted by atomic mass is 32.1. The topological polar surface area (TPSA) is 48.1 Å². The zero-order valence-electron chi connectivity index (χ0n) is 17.7. The van der Waals surface area contributed by atoms with Gasteiger partial charge in [0, 0.05) is 23.3 Å². The highest BCUT2D eigenvalue weighted by Crippen LogP contribution is 2.17. The zero-order valence-corrected chi connectivity index (χ0v) is 18.5. The number of nitrogens with zero attached hydrogens (tertiary/aromatic N) is 1. The van der Waals surface area contributed by atoms with E-state index >= 15 is 0 Å². The minimum Gasteiger partial charge on any atom is -0.340 e. The van der Waals surface area contributed by atoms with E-state index in [1.807, 2.05) is 72.5 Å². The van der Waals surface area contributed by atoms with Gasteiger partial charge in [-0.3, -0.25) is 4.79 Å². The summed E-state index contributed by atoms with van der Waals surface area (Å²) in [5, 5.41) is 4.91. The molecule has 0 spiro atoms. The van der Waals surface area contributed by atoms with Crippen molar-refractivity contribution < 1.29 is 0 Å². The smallest absolute Gasteiger partial charge is 0.253 e. The van der Waals surface area contributed by atoms with Gasteiger partial charge in [-0.15, -0.1) is 0 Å². The van der Waals surface area contributed by atoms with Crippen LogP contribution in [0.3, 0.4) is 0 Å². The minimum atomic E-state index is -0.0886. The third kappa shape index (κ3) is 5.19. The Bertz CT molecular complexity index is 1260. The van der Waals surface area contributed by atoms with Crippen molar-refractivity contribution in [3.63, 3.8) is 0 Å². The van der Waals surface area contributed by atoms with E-state index in [0.29, 0.717) is 23.8 Å². The summed E-state index contributed by atoms with van der Waals surface area (Å²) < 4.78 is 0. The molecule has 1 heterocycles. The lowest BCUT2D eigenvalue weighted by molar-refractivity contribution is 0.411. The molecule has 0 fully saturated rings. The quantitative estimate of drug-likeness (QED) is 0.410. The van der Waals surface area contributed by atoms with Crippen LogP contribution in [0.2, 0.25) is 0 Å². The second-order valence-corrected chi connectivity index (χ2v) is 8.24. The number of aromatic amines is 1. The van der Waals surface area contributed by atoms with Crippen molar-refractivity contribution >= 4 is 33.9 Å². The number of nitrogens with one attached hydrogen (secondary N) is 2. The average Bonchev–Trinajstić information content (AvgIpc) is 2.76. The summed E-state index contributed by atoms with van der Waals surface area (Å²) in [6, 6.07) is 26.3. The second kappa shape index (κ2) is 9.14. The monoisotopic (exact) mass is 427 g/mol. The maximum Gasteiger partial charge on any atom is 0.253 e. The SMILES string of the molecule is Cc1ccc(NC(=S)N(Cc2ccccc2)Cc2cc3ccc(C)cc3[nH]c2=O)cc1. The molecule has 4 nitrogen and oxygen atoms in total. The van der Waals surface area contributed by atoms with E-state index in [1.165, 1.54) is 5.56 Å². The highest BCUT2D eigenvalue weighted by Gasteiger charge is 2.14. The molecule has 0 bridgehead atoms. The summed E-state index contributed by atoms with van der Waals surface area (Å²) in [5.41, 5.74) is 5.80. The van der Waals surface area contributed by atoms with Gasteiger partial charge in [0.15, 0.2) is 5.11 Å². The van der Waals surface area contributed by atoms with E-state index in [4.69, 9.17) is 12.2 Å². The van der Waals surface area contributed by atoms with Gasteiger partial charge in [0.05, 0.1) is 6.54 Å². The second-order valence-electron chi connectivity index (χ2n) is 7.85. The molecule has 3 aromatic carbocycles. The zero-order chi connectivity index (χ0) is 21.8. The Balaban J connectivity index is 1.63. The van der Waals surface area contributed by atoms with E-state index in [9.17, 15) is 4.79 Å². The molecular formula is C26H25N3OS. The molecule has 2 N–H and O–H groups in total. The van der Waals surface area contributed by atoms with E-state index in [-0.39, 0.29) is 5.56 Å². The number of hydrogen-bond donors (Lipinski definition) is 2. The summed E-state index contributed by atoms with van der Waals surface area (Å²) in [7, 11) is 0. The van der Waals surface area contributed by atoms with Crippen molar-refractivity contribution in [2.24, 2.45) is 0 Å². The average molecular weight is 428 g/mol. The molecule has 0 saturated heterocycles. The summed E-state index contributed by atoms with van der Waals surface area (Å²) in [6.07, 6.45) is 0. The summed E-state index contributed by atoms with van der Waals surface area (Å²) in [6.45, 7) is 5.08. The normalized spacial score (nSPS) is 10.8. The maximum absolute atomic E-state index is 12.8. The number of thiocarbonyl (C=S) groups is 1. The highest BCUT2D eigenvalue weighted by molar-refractivity contribution is 7.80. The molecule has 4 rings (SSSR count). The van der Waals surface area contributed by atoms with Crippen LogP contribution in [-0.2, 0) is 13.1 Å². The Kier molecular flexibility index (Phi) is 6.14. The van der Waals surface area contributed by atoms with Crippen LogP contribution in [0, 0.1) is 13.8 Å². The van der Waals surface area contributed by atoms with Gasteiger partial charge < -0.3 is 15.2 Å². The van der Waals surface area contributed by atoms with Crippen LogP contribution < -0.4 is 10.9 Å². The van der Waals surface area contributed by atoms with Gasteiger partial charge in [-0.1, -0.05) is 60.2 Å². The molecule has 5 heteroatoms. The fourth-order valence-electron chi connectivity index (χ4n) is 3.53. The van der Waals surface area contributed by atoms with Crippen molar-refractivity contribution in [2.45, 2.75) is 26.9 Å². The number of rotatable bonds is 5. The summed E-state index contributed by atoms with van der Waals surface area (Å²) in [4.78, 5) is 17.8. The first-order valence-electron chi connectivity index (χ1n) is 10.3. The fraction of sp³-hybridized carbons (Fsp3) is 0.154. The van der Waals surface area contributed by atoms with Gasteiger partial charge in [-0.25, -0.2) is 0 Å². The lowest BCUT2D eigenvalue weighted by atomic mass is 10.1. The lowest BCUT2D eigenvalue weighted by Gasteiger charge is -2.26. The van der Waals surface area contributed by atoms with Crippen LogP contribution in [0.25, 0.3) is 10.9 Å². The number of benzene rings is 3. The van der Waals surface area contributed by atoms with Crippen LogP contribution in [0.5, 0.6) is 0 Å². The van der Waals surface area contributed by atoms with Gasteiger partial charge in [0.25, 0.3) is 5.56 Å². The van der Waals surface area contributed by atoms with E-state index in [2.05, 4.69) is 35.4 Å². The molecule has 4 aromatic rings. The van der Waals surface area contributed by atoms with E-state index in [0.717, 1.165) is 27.7 Å². The standard InChI is InChI=1S/C26H25N3OS/c1-18-9-12-23(13-10-18)27-26(31)29(16-20-6-4-3-5-7-20)17-22-15-21-11-8-19(2)14-24(21)28-25(22)30/h3-15H,16-17H2,1-2H3,(H,27,31)(H,28,30). The molecule has 0 saturated carbocycles. The molecule has 0 aliphatic heterocycles. The predicted octanol–water partition coefficient (Wildman–Crippen LogP) is 5.54. The van der Waals surface area contributed by atoms with Gasteiger partial charge in [0.2, 0.25) is 0 Å². The molecule has 1 aromatic heterocycles. The number of hydrogen-bond acceptors (Lipinski definition) is 2. The van der Waals surface area contributed by atoms with Crippen molar-refractivity contribution in [1.82, 2.24) is 9.88 Å². The van der Waals surface area contributed by atoms with Crippen LogP contribution >= 0.6 is 12.2 Å². The molecule has 156 valence electrons. The number of anilines is 1. The lowest BCUT2D eigenvalue weighted by Crippen LogP contribution is -2.35. The first kappa shape index (κ1) is 20.8. The van der Waals surface area contributed by atoms with Crippen LogP contribution in [0.4, 0.5) is 5.69 Å². The van der Waals surface area contributed by atoms with Crippen LogP contribution in [-0.4, -0.2) is 15.0 Å². The number of H-pyrrole nitrogens is 1. The Hall–Kier alpha value is -3.44. The molecule has 0 amide bonds. The number of aryl methyl sites for hydroxylation is 2. The molecule has 0 atom stereocenters. The predicted molar refractivity (Wildman–Crippen MR) is 132 cm³/mol. The Morgan fingerprint density at radius 3 is 2.35 bits per heavy atom. The number of fused-ring (bicyclic) bond motifs is 1. The summed E-state index contributed by atoms with van der Waals surface area (Å²) >= 11 is 5.75. The molecule has 31 heavy (non-hydrogen) atoms. The third-order valence-electron chi connectivity index (χ3n) is 5.25. The van der Waals surface area contributed by atoms with Gasteiger partial charge in [0.1, 0.15) is 0 Å². The molecular weight excluding hydrogens is 402 g/mol. The molecule has 0 radical (unpaired) electrons. The van der Waals surface area contributed by atoms with E-state index < -0.39 is 0 Å². The number of aromatic nitrogens is 1. The van der Waals surface area contributed by atoms with Gasteiger partial charge >= 0.3 is 0 Å². The molecule has 0 aliphatic rings. The van der Waals surface area contributed by atoms with Crippen molar-refractivity contribution in [1.29, 1.82) is 0 Å². The first-order chi connectivity index (χ1) is 15.0. The van der Waals surface area contributed by atoms with E-state index in [1.54, 1.807) is 0 Å². The van der Waals surface area contributed by atoms with Crippen molar-refractivity contribution in [2.75, 3.05) is 5.32 Å². The Morgan fingerprint density at radius 2 is 1.61 bits per heavy atom. The molecule has 0 unspecified atom stereocenters. The Labute approximate surface area is 187 Å². The third-order valence-corrected chi connectivity index (χ3v) is 5.61.